The lowest BCUT2D eigenvalue weighted by Gasteiger charge is -2.21. The average molecular weight is 289 g/mol. The Balaban J connectivity index is 2.24. The first-order valence-corrected chi connectivity index (χ1v) is 8.15. The van der Waals surface area contributed by atoms with Gasteiger partial charge in [-0.1, -0.05) is 0 Å². The summed E-state index contributed by atoms with van der Waals surface area (Å²) < 4.78 is 50.4. The predicted molar refractivity (Wildman–Crippen MR) is 71.0 cm³/mol. The second-order valence-electron chi connectivity index (χ2n) is 5.13. The summed E-state index contributed by atoms with van der Waals surface area (Å²) in [4.78, 5) is 0. The maximum Gasteiger partial charge on any atom is 0.152 e. The number of aryl methyl sites for hydroxylation is 1. The molecule has 0 radical (unpaired) electrons. The maximum atomic E-state index is 13.7. The minimum atomic E-state index is -3.18. The summed E-state index contributed by atoms with van der Waals surface area (Å²) in [5.41, 5.74) is 0.262. The smallest absolute Gasteiger partial charge is 0.152 e. The normalized spacial score (nSPS) is 23.6. The van der Waals surface area contributed by atoms with Crippen molar-refractivity contribution in [1.29, 1.82) is 0 Å². The molecule has 1 aromatic carbocycles. The molecule has 0 aromatic heterocycles. The molecule has 0 bridgehead atoms. The van der Waals surface area contributed by atoms with Gasteiger partial charge in [0.2, 0.25) is 0 Å². The first kappa shape index (κ1) is 14.2. The van der Waals surface area contributed by atoms with Gasteiger partial charge < -0.3 is 5.32 Å². The molecule has 2 atom stereocenters. The number of hydrogen-bond donors (Lipinski definition) is 1. The largest absolute Gasteiger partial charge is 0.379 e. The number of hydrogen-bond acceptors (Lipinski definition) is 3. The molecule has 1 aliphatic rings. The van der Waals surface area contributed by atoms with E-state index in [2.05, 4.69) is 5.32 Å². The van der Waals surface area contributed by atoms with Gasteiger partial charge in [0, 0.05) is 18.4 Å². The van der Waals surface area contributed by atoms with Gasteiger partial charge in [0.05, 0.1) is 10.9 Å². The lowest BCUT2D eigenvalue weighted by atomic mass is 10.1. The van der Waals surface area contributed by atoms with E-state index in [0.717, 1.165) is 18.6 Å². The standard InChI is InChI=1S/C13H17F2NO2S/c1-8-6-10(15)12(7-9(8)14)16-11-4-3-5-13(11)19(2,17)18/h6-7,11,13,16H,3-5H2,1-2H3. The number of benzene rings is 1. The summed E-state index contributed by atoms with van der Waals surface area (Å²) in [6.07, 6.45) is 3.16. The topological polar surface area (TPSA) is 46.2 Å². The van der Waals surface area contributed by atoms with Crippen molar-refractivity contribution in [2.45, 2.75) is 37.5 Å². The third-order valence-corrected chi connectivity index (χ3v) is 5.26. The molecule has 1 saturated carbocycles. The molecule has 0 amide bonds. The molecule has 3 nitrogen and oxygen atoms in total. The van der Waals surface area contributed by atoms with Crippen molar-refractivity contribution in [2.75, 3.05) is 11.6 Å². The molecule has 0 saturated heterocycles. The number of anilines is 1. The fourth-order valence-corrected chi connectivity index (χ4v) is 3.96. The Morgan fingerprint density at radius 2 is 1.89 bits per heavy atom. The van der Waals surface area contributed by atoms with Crippen molar-refractivity contribution in [1.82, 2.24) is 0 Å². The van der Waals surface area contributed by atoms with Crippen LogP contribution in [0.15, 0.2) is 12.1 Å². The average Bonchev–Trinajstić information content (AvgIpc) is 2.73. The van der Waals surface area contributed by atoms with Gasteiger partial charge in [0.25, 0.3) is 0 Å². The molecule has 1 N–H and O–H groups in total. The van der Waals surface area contributed by atoms with Crippen LogP contribution in [0, 0.1) is 18.6 Å². The summed E-state index contributed by atoms with van der Waals surface area (Å²) >= 11 is 0. The van der Waals surface area contributed by atoms with E-state index in [-0.39, 0.29) is 17.3 Å². The van der Waals surface area contributed by atoms with Gasteiger partial charge in [-0.3, -0.25) is 0 Å². The van der Waals surface area contributed by atoms with Crippen molar-refractivity contribution in [3.05, 3.63) is 29.3 Å². The Morgan fingerprint density at radius 1 is 1.21 bits per heavy atom. The van der Waals surface area contributed by atoms with Gasteiger partial charge in [-0.05, 0) is 37.8 Å². The third-order valence-electron chi connectivity index (χ3n) is 3.59. The fourth-order valence-electron chi connectivity index (χ4n) is 2.56. The number of rotatable bonds is 3. The number of halogens is 2. The van der Waals surface area contributed by atoms with Crippen LogP contribution in [-0.2, 0) is 9.84 Å². The van der Waals surface area contributed by atoms with Crippen molar-refractivity contribution >= 4 is 15.5 Å². The van der Waals surface area contributed by atoms with Crippen LogP contribution in [-0.4, -0.2) is 26.0 Å². The summed E-state index contributed by atoms with van der Waals surface area (Å²) in [6, 6.07) is 1.84. The fraction of sp³-hybridized carbons (Fsp3) is 0.538. The molecule has 6 heteroatoms. The Hall–Kier alpha value is -1.17. The van der Waals surface area contributed by atoms with Crippen LogP contribution >= 0.6 is 0 Å². The highest BCUT2D eigenvalue weighted by Gasteiger charge is 2.35. The zero-order chi connectivity index (χ0) is 14.2. The van der Waals surface area contributed by atoms with Crippen LogP contribution in [0.3, 0.4) is 0 Å². The lowest BCUT2D eigenvalue weighted by molar-refractivity contribution is 0.575. The molecule has 0 spiro atoms. The van der Waals surface area contributed by atoms with E-state index in [0.29, 0.717) is 12.8 Å². The molecule has 0 heterocycles. The molecule has 0 aliphatic heterocycles. The highest BCUT2D eigenvalue weighted by atomic mass is 32.2. The molecule has 1 fully saturated rings. The minimum Gasteiger partial charge on any atom is -0.379 e. The van der Waals surface area contributed by atoms with Crippen molar-refractivity contribution in [3.63, 3.8) is 0 Å². The molecule has 2 unspecified atom stereocenters. The van der Waals surface area contributed by atoms with E-state index in [1.54, 1.807) is 0 Å². The van der Waals surface area contributed by atoms with Crippen LogP contribution in [0.4, 0.5) is 14.5 Å². The first-order valence-electron chi connectivity index (χ1n) is 6.20. The zero-order valence-electron chi connectivity index (χ0n) is 10.9. The quantitative estimate of drug-likeness (QED) is 0.930. The maximum absolute atomic E-state index is 13.7. The van der Waals surface area contributed by atoms with Crippen LogP contribution in [0.25, 0.3) is 0 Å². The van der Waals surface area contributed by atoms with E-state index in [4.69, 9.17) is 0 Å². The summed E-state index contributed by atoms with van der Waals surface area (Å²) in [7, 11) is -3.18. The van der Waals surface area contributed by atoms with E-state index in [9.17, 15) is 17.2 Å². The molecule has 1 aliphatic carbocycles. The Labute approximate surface area is 111 Å². The second kappa shape index (κ2) is 5.07. The van der Waals surface area contributed by atoms with Gasteiger partial charge in [0.1, 0.15) is 11.6 Å². The summed E-state index contributed by atoms with van der Waals surface area (Å²) in [5.74, 6) is -1.06. The Kier molecular flexibility index (Phi) is 3.80. The van der Waals surface area contributed by atoms with E-state index < -0.39 is 26.7 Å². The lowest BCUT2D eigenvalue weighted by Crippen LogP contribution is -2.34. The Morgan fingerprint density at radius 3 is 2.53 bits per heavy atom. The molecule has 106 valence electrons. The van der Waals surface area contributed by atoms with E-state index >= 15 is 0 Å². The summed E-state index contributed by atoms with van der Waals surface area (Å²) in [6.45, 7) is 1.48. The van der Waals surface area contributed by atoms with Crippen LogP contribution < -0.4 is 5.32 Å². The SMILES string of the molecule is Cc1cc(F)c(NC2CCCC2S(C)(=O)=O)cc1F. The molecule has 1 aromatic rings. The van der Waals surface area contributed by atoms with Gasteiger partial charge >= 0.3 is 0 Å². The number of sulfone groups is 1. The molecule has 19 heavy (non-hydrogen) atoms. The van der Waals surface area contributed by atoms with Gasteiger partial charge in [-0.25, -0.2) is 17.2 Å². The highest BCUT2D eigenvalue weighted by Crippen LogP contribution is 2.29. The van der Waals surface area contributed by atoms with Crippen LogP contribution in [0.1, 0.15) is 24.8 Å². The second-order valence-corrected chi connectivity index (χ2v) is 7.40. The van der Waals surface area contributed by atoms with Crippen LogP contribution in [0.5, 0.6) is 0 Å². The van der Waals surface area contributed by atoms with E-state index in [1.165, 1.54) is 13.2 Å². The van der Waals surface area contributed by atoms with Gasteiger partial charge in [-0.2, -0.15) is 0 Å². The van der Waals surface area contributed by atoms with Gasteiger partial charge in [-0.15, -0.1) is 0 Å². The monoisotopic (exact) mass is 289 g/mol. The van der Waals surface area contributed by atoms with Crippen molar-refractivity contribution < 1.29 is 17.2 Å². The molecule has 2 rings (SSSR count). The summed E-state index contributed by atoms with van der Waals surface area (Å²) in [5, 5.41) is 2.31. The van der Waals surface area contributed by atoms with Crippen molar-refractivity contribution in [3.8, 4) is 0 Å². The Bertz CT molecular complexity index is 587. The van der Waals surface area contributed by atoms with Gasteiger partial charge in [0.15, 0.2) is 9.84 Å². The molecular weight excluding hydrogens is 272 g/mol. The highest BCUT2D eigenvalue weighted by molar-refractivity contribution is 7.91. The first-order chi connectivity index (χ1) is 8.79. The third kappa shape index (κ3) is 3.05. The predicted octanol–water partition coefficient (Wildman–Crippen LogP) is 2.65. The van der Waals surface area contributed by atoms with Crippen LogP contribution in [0.2, 0.25) is 0 Å². The number of nitrogens with one attached hydrogen (secondary N) is 1. The molecular formula is C13H17F2NO2S. The zero-order valence-corrected chi connectivity index (χ0v) is 11.7. The van der Waals surface area contributed by atoms with Crippen molar-refractivity contribution in [2.24, 2.45) is 0 Å². The van der Waals surface area contributed by atoms with E-state index in [1.807, 2.05) is 0 Å². The minimum absolute atomic E-state index is 0.0312.